The van der Waals surface area contributed by atoms with Crippen molar-refractivity contribution < 1.29 is 9.90 Å². The summed E-state index contributed by atoms with van der Waals surface area (Å²) >= 11 is 5.89. The van der Waals surface area contributed by atoms with Gasteiger partial charge in [0.15, 0.2) is 5.15 Å². The third-order valence-electron chi connectivity index (χ3n) is 3.26. The number of amides is 2. The first-order chi connectivity index (χ1) is 10.7. The second-order valence-corrected chi connectivity index (χ2v) is 5.15. The Morgan fingerprint density at radius 2 is 2.00 bits per heavy atom. The molecular weight excluding hydrogens is 302 g/mol. The normalized spacial score (nSPS) is 11.7. The predicted molar refractivity (Wildman–Crippen MR) is 87.2 cm³/mol. The van der Waals surface area contributed by atoms with E-state index in [9.17, 15) is 9.90 Å². The molecule has 2 amide bonds. The molecule has 6 heteroatoms. The maximum Gasteiger partial charge on any atom is 0.319 e. The van der Waals surface area contributed by atoms with Crippen LogP contribution in [0.3, 0.4) is 0 Å². The molecule has 0 radical (unpaired) electrons. The van der Waals surface area contributed by atoms with Crippen molar-refractivity contribution in [2.45, 2.75) is 12.3 Å². The number of pyridine rings is 1. The van der Waals surface area contributed by atoms with Crippen molar-refractivity contribution in [2.75, 3.05) is 18.5 Å². The zero-order chi connectivity index (χ0) is 15.8. The quantitative estimate of drug-likeness (QED) is 0.716. The van der Waals surface area contributed by atoms with Gasteiger partial charge in [-0.2, -0.15) is 0 Å². The summed E-state index contributed by atoms with van der Waals surface area (Å²) in [5.41, 5.74) is 1.54. The summed E-state index contributed by atoms with van der Waals surface area (Å²) in [6.45, 7) is 0.492. The van der Waals surface area contributed by atoms with Crippen LogP contribution in [0.5, 0.6) is 0 Å². The first-order valence-corrected chi connectivity index (χ1v) is 7.39. The number of nitrogens with one attached hydrogen (secondary N) is 2. The molecule has 1 aromatic carbocycles. The molecule has 2 rings (SSSR count). The number of hydrogen-bond acceptors (Lipinski definition) is 3. The van der Waals surface area contributed by atoms with E-state index in [-0.39, 0.29) is 23.7 Å². The molecule has 3 N–H and O–H groups in total. The Morgan fingerprint density at radius 3 is 2.68 bits per heavy atom. The second-order valence-electron chi connectivity index (χ2n) is 4.80. The molecule has 1 heterocycles. The molecule has 1 aromatic heterocycles. The molecule has 5 nitrogen and oxygen atoms in total. The van der Waals surface area contributed by atoms with Crippen LogP contribution in [0.15, 0.2) is 48.7 Å². The van der Waals surface area contributed by atoms with Crippen molar-refractivity contribution in [2.24, 2.45) is 0 Å². The van der Waals surface area contributed by atoms with Crippen LogP contribution < -0.4 is 10.6 Å². The molecule has 116 valence electrons. The van der Waals surface area contributed by atoms with Gasteiger partial charge in [-0.3, -0.25) is 0 Å². The molecular formula is C16H18ClN3O2. The van der Waals surface area contributed by atoms with E-state index in [2.05, 4.69) is 15.6 Å². The average Bonchev–Trinajstić information content (AvgIpc) is 2.54. The van der Waals surface area contributed by atoms with Gasteiger partial charge < -0.3 is 15.7 Å². The van der Waals surface area contributed by atoms with E-state index >= 15 is 0 Å². The highest BCUT2D eigenvalue weighted by Gasteiger charge is 2.13. The maximum absolute atomic E-state index is 11.9. The van der Waals surface area contributed by atoms with E-state index in [1.165, 1.54) is 0 Å². The molecule has 0 aliphatic heterocycles. The molecule has 0 unspecified atom stereocenters. The molecule has 1 atom stereocenters. The number of halogens is 1. The Kier molecular flexibility index (Phi) is 6.18. The van der Waals surface area contributed by atoms with Crippen molar-refractivity contribution in [3.63, 3.8) is 0 Å². The third-order valence-corrected chi connectivity index (χ3v) is 3.57. The Labute approximate surface area is 134 Å². The van der Waals surface area contributed by atoms with Gasteiger partial charge in [0.2, 0.25) is 0 Å². The summed E-state index contributed by atoms with van der Waals surface area (Å²) in [6, 6.07) is 12.8. The number of urea groups is 1. The van der Waals surface area contributed by atoms with Gasteiger partial charge in [0.05, 0.1) is 5.69 Å². The van der Waals surface area contributed by atoms with Crippen LogP contribution in [-0.2, 0) is 0 Å². The molecule has 2 aromatic rings. The number of benzene rings is 1. The lowest BCUT2D eigenvalue weighted by molar-refractivity contribution is 0.248. The molecule has 0 aliphatic rings. The van der Waals surface area contributed by atoms with Crippen molar-refractivity contribution in [1.82, 2.24) is 10.3 Å². The topological polar surface area (TPSA) is 74.2 Å². The Balaban J connectivity index is 1.92. The summed E-state index contributed by atoms with van der Waals surface area (Å²) in [5.74, 6) is 0.0568. The number of aliphatic hydroxyl groups excluding tert-OH is 1. The van der Waals surface area contributed by atoms with E-state index in [0.29, 0.717) is 18.7 Å². The van der Waals surface area contributed by atoms with Crippen molar-refractivity contribution >= 4 is 23.3 Å². The minimum Gasteiger partial charge on any atom is -0.396 e. The smallest absolute Gasteiger partial charge is 0.319 e. The van der Waals surface area contributed by atoms with Crippen LogP contribution in [0.4, 0.5) is 10.5 Å². The fourth-order valence-corrected chi connectivity index (χ4v) is 2.30. The zero-order valence-electron chi connectivity index (χ0n) is 12.0. The predicted octanol–water partition coefficient (Wildman–Crippen LogP) is 3.02. The molecule has 0 fully saturated rings. The van der Waals surface area contributed by atoms with E-state index in [1.807, 2.05) is 30.3 Å². The fraction of sp³-hybridized carbons (Fsp3) is 0.250. The molecule has 0 bridgehead atoms. The Bertz CT molecular complexity index is 607. The summed E-state index contributed by atoms with van der Waals surface area (Å²) < 4.78 is 0. The van der Waals surface area contributed by atoms with Crippen molar-refractivity contribution in [3.05, 3.63) is 59.4 Å². The highest BCUT2D eigenvalue weighted by Crippen LogP contribution is 2.19. The first kappa shape index (κ1) is 16.3. The Morgan fingerprint density at radius 1 is 1.23 bits per heavy atom. The first-order valence-electron chi connectivity index (χ1n) is 7.02. The summed E-state index contributed by atoms with van der Waals surface area (Å²) in [7, 11) is 0. The molecule has 0 aliphatic carbocycles. The minimum absolute atomic E-state index is 0.0568. The van der Waals surface area contributed by atoms with Gasteiger partial charge in [0, 0.05) is 25.3 Å². The Hall–Kier alpha value is -2.11. The lowest BCUT2D eigenvalue weighted by Crippen LogP contribution is -2.32. The van der Waals surface area contributed by atoms with Crippen molar-refractivity contribution in [1.29, 1.82) is 0 Å². The zero-order valence-corrected chi connectivity index (χ0v) is 12.8. The average molecular weight is 320 g/mol. The van der Waals surface area contributed by atoms with E-state index in [1.54, 1.807) is 18.3 Å². The standard InChI is InChI=1S/C16H18ClN3O2/c17-15-14(7-4-9-18-15)20-16(22)19-11-13(8-10-21)12-5-2-1-3-6-12/h1-7,9,13,21H,8,10-11H2,(H2,19,20,22)/t13-/m0/s1. The third kappa shape index (κ3) is 4.72. The van der Waals surface area contributed by atoms with Gasteiger partial charge in [0.1, 0.15) is 0 Å². The van der Waals surface area contributed by atoms with Gasteiger partial charge in [-0.1, -0.05) is 41.9 Å². The number of aliphatic hydroxyl groups is 1. The summed E-state index contributed by atoms with van der Waals surface area (Å²) in [4.78, 5) is 15.8. The minimum atomic E-state index is -0.353. The van der Waals surface area contributed by atoms with Crippen LogP contribution >= 0.6 is 11.6 Å². The lowest BCUT2D eigenvalue weighted by atomic mass is 9.96. The number of rotatable bonds is 6. The van der Waals surface area contributed by atoms with Gasteiger partial charge in [-0.25, -0.2) is 9.78 Å². The van der Waals surface area contributed by atoms with Crippen LogP contribution in [0, 0.1) is 0 Å². The monoisotopic (exact) mass is 319 g/mol. The highest BCUT2D eigenvalue weighted by molar-refractivity contribution is 6.32. The number of nitrogens with zero attached hydrogens (tertiary/aromatic N) is 1. The second kappa shape index (κ2) is 8.36. The van der Waals surface area contributed by atoms with Gasteiger partial charge in [-0.05, 0) is 24.1 Å². The largest absolute Gasteiger partial charge is 0.396 e. The van der Waals surface area contributed by atoms with Gasteiger partial charge in [0.25, 0.3) is 0 Å². The number of hydrogen-bond donors (Lipinski definition) is 3. The van der Waals surface area contributed by atoms with Crippen molar-refractivity contribution in [3.8, 4) is 0 Å². The van der Waals surface area contributed by atoms with E-state index in [4.69, 9.17) is 11.6 Å². The maximum atomic E-state index is 11.9. The van der Waals surface area contributed by atoms with Crippen LogP contribution in [-0.4, -0.2) is 29.3 Å². The highest BCUT2D eigenvalue weighted by atomic mass is 35.5. The summed E-state index contributed by atoms with van der Waals surface area (Å²) in [5, 5.41) is 14.9. The summed E-state index contributed by atoms with van der Waals surface area (Å²) in [6.07, 6.45) is 2.13. The van der Waals surface area contributed by atoms with Crippen LogP contribution in [0.2, 0.25) is 5.15 Å². The molecule has 0 saturated carbocycles. The number of carbonyl (C=O) groups is 1. The van der Waals surface area contributed by atoms with Crippen LogP contribution in [0.1, 0.15) is 17.9 Å². The van der Waals surface area contributed by atoms with Gasteiger partial charge >= 0.3 is 6.03 Å². The SMILES string of the molecule is O=C(NC[C@H](CCO)c1ccccc1)Nc1cccnc1Cl. The van der Waals surface area contributed by atoms with Crippen LogP contribution in [0.25, 0.3) is 0 Å². The molecule has 0 spiro atoms. The van der Waals surface area contributed by atoms with Gasteiger partial charge in [-0.15, -0.1) is 0 Å². The lowest BCUT2D eigenvalue weighted by Gasteiger charge is -2.17. The number of aromatic nitrogens is 1. The molecule has 0 saturated heterocycles. The van der Waals surface area contributed by atoms with E-state index in [0.717, 1.165) is 5.56 Å². The number of anilines is 1. The fourth-order valence-electron chi connectivity index (χ4n) is 2.13. The number of carbonyl (C=O) groups excluding carboxylic acids is 1. The molecule has 22 heavy (non-hydrogen) atoms. The van der Waals surface area contributed by atoms with E-state index < -0.39 is 0 Å².